The van der Waals surface area contributed by atoms with Crippen LogP contribution in [0.25, 0.3) is 0 Å². The Hall–Kier alpha value is -1.17. The van der Waals surface area contributed by atoms with Gasteiger partial charge >= 0.3 is 0 Å². The van der Waals surface area contributed by atoms with Gasteiger partial charge in [0, 0.05) is 18.9 Å². The minimum absolute atomic E-state index is 0.255. The van der Waals surface area contributed by atoms with Crippen molar-refractivity contribution in [3.63, 3.8) is 0 Å². The van der Waals surface area contributed by atoms with Gasteiger partial charge in [-0.15, -0.1) is 11.6 Å². The summed E-state index contributed by atoms with van der Waals surface area (Å²) in [6, 6.07) is 7.64. The summed E-state index contributed by atoms with van der Waals surface area (Å²) in [4.78, 5) is 0. The number of ether oxygens (including phenoxy) is 2. The summed E-state index contributed by atoms with van der Waals surface area (Å²) in [6.07, 6.45) is 0.682. The topological polar surface area (TPSA) is 18.5 Å². The van der Waals surface area contributed by atoms with Gasteiger partial charge in [0.1, 0.15) is 5.75 Å². The van der Waals surface area contributed by atoms with Gasteiger partial charge in [0.25, 0.3) is 0 Å². The van der Waals surface area contributed by atoms with Crippen molar-refractivity contribution in [2.45, 2.75) is 13.3 Å². The Balaban J connectivity index is 2.65. The van der Waals surface area contributed by atoms with E-state index in [-0.39, 0.29) is 6.79 Å². The van der Waals surface area contributed by atoms with E-state index >= 15 is 0 Å². The summed E-state index contributed by atoms with van der Waals surface area (Å²) < 4.78 is 10.6. The van der Waals surface area contributed by atoms with Crippen molar-refractivity contribution < 1.29 is 9.47 Å². The molecule has 0 saturated heterocycles. The molecule has 0 aliphatic carbocycles. The summed E-state index contributed by atoms with van der Waals surface area (Å²) in [7, 11) is 0. The van der Waals surface area contributed by atoms with E-state index in [0.717, 1.165) is 11.3 Å². The van der Waals surface area contributed by atoms with Gasteiger partial charge in [-0.25, -0.2) is 0 Å². The summed E-state index contributed by atoms with van der Waals surface area (Å²) in [5, 5.41) is 0. The van der Waals surface area contributed by atoms with E-state index in [1.54, 1.807) is 0 Å². The molecule has 0 bridgehead atoms. The number of alkyl halides is 1. The van der Waals surface area contributed by atoms with E-state index < -0.39 is 0 Å². The van der Waals surface area contributed by atoms with E-state index in [4.69, 9.17) is 21.1 Å². The Morgan fingerprint density at radius 1 is 1.31 bits per heavy atom. The molecule has 0 aliphatic rings. The van der Waals surface area contributed by atoms with Gasteiger partial charge in [0.15, 0.2) is 6.79 Å². The first-order chi connectivity index (χ1) is 7.88. The lowest BCUT2D eigenvalue weighted by molar-refractivity contribution is 0.0222. The maximum absolute atomic E-state index is 5.56. The van der Waals surface area contributed by atoms with Crippen LogP contribution in [-0.2, 0) is 4.74 Å². The normalized spacial score (nSPS) is 9.38. The summed E-state index contributed by atoms with van der Waals surface area (Å²) >= 11 is 5.56. The zero-order chi connectivity index (χ0) is 11.6. The fourth-order valence-corrected chi connectivity index (χ4v) is 1.18. The first-order valence-corrected chi connectivity index (χ1v) is 5.76. The molecule has 0 radical (unpaired) electrons. The number of hydrogen-bond donors (Lipinski definition) is 0. The first-order valence-electron chi connectivity index (χ1n) is 5.23. The summed E-state index contributed by atoms with van der Waals surface area (Å²) in [6.45, 7) is 2.82. The van der Waals surface area contributed by atoms with Gasteiger partial charge in [-0.1, -0.05) is 24.0 Å². The summed E-state index contributed by atoms with van der Waals surface area (Å²) in [5.41, 5.74) is 0.868. The van der Waals surface area contributed by atoms with Gasteiger partial charge in [-0.2, -0.15) is 0 Å². The minimum Gasteiger partial charge on any atom is -0.466 e. The molecule has 0 N–H and O–H groups in total. The number of halogens is 1. The quantitative estimate of drug-likeness (QED) is 0.340. The summed E-state index contributed by atoms with van der Waals surface area (Å²) in [5.74, 6) is 7.30. The first kappa shape index (κ1) is 12.9. The zero-order valence-corrected chi connectivity index (χ0v) is 10.1. The highest BCUT2D eigenvalue weighted by Crippen LogP contribution is 2.16. The molecular weight excluding hydrogens is 224 g/mol. The van der Waals surface area contributed by atoms with Crippen LogP contribution in [0.15, 0.2) is 24.3 Å². The fraction of sp³-hybridized carbons (Fsp3) is 0.385. The Morgan fingerprint density at radius 3 is 2.88 bits per heavy atom. The lowest BCUT2D eigenvalue weighted by atomic mass is 10.2. The zero-order valence-electron chi connectivity index (χ0n) is 9.33. The van der Waals surface area contributed by atoms with Crippen molar-refractivity contribution >= 4 is 11.6 Å². The molecule has 16 heavy (non-hydrogen) atoms. The van der Waals surface area contributed by atoms with Crippen LogP contribution < -0.4 is 4.74 Å². The molecule has 0 aromatic heterocycles. The Bertz CT molecular complexity index is 366. The van der Waals surface area contributed by atoms with Crippen LogP contribution in [0.4, 0.5) is 0 Å². The van der Waals surface area contributed by atoms with E-state index in [1.165, 1.54) is 0 Å². The van der Waals surface area contributed by atoms with E-state index in [1.807, 2.05) is 31.2 Å². The van der Waals surface area contributed by atoms with E-state index in [0.29, 0.717) is 18.9 Å². The molecule has 0 spiro atoms. The van der Waals surface area contributed by atoms with Crippen LogP contribution >= 0.6 is 11.6 Å². The number of rotatable bonds is 5. The van der Waals surface area contributed by atoms with Crippen molar-refractivity contribution in [2.75, 3.05) is 19.3 Å². The maximum atomic E-state index is 5.56. The van der Waals surface area contributed by atoms with Crippen LogP contribution in [0.2, 0.25) is 0 Å². The highest BCUT2D eigenvalue weighted by molar-refractivity contribution is 6.18. The Morgan fingerprint density at radius 2 is 2.12 bits per heavy atom. The largest absolute Gasteiger partial charge is 0.466 e. The average Bonchev–Trinajstić information content (AvgIpc) is 2.32. The van der Waals surface area contributed by atoms with Crippen molar-refractivity contribution in [3.8, 4) is 17.6 Å². The van der Waals surface area contributed by atoms with Gasteiger partial charge in [-0.05, 0) is 19.1 Å². The molecule has 86 valence electrons. The van der Waals surface area contributed by atoms with E-state index in [2.05, 4.69) is 11.8 Å². The molecule has 0 amide bonds. The number of benzene rings is 1. The van der Waals surface area contributed by atoms with Crippen molar-refractivity contribution in [3.05, 3.63) is 29.8 Å². The SMILES string of the molecule is CCOCOc1ccccc1C#CCCCl. The Labute approximate surface area is 102 Å². The average molecular weight is 239 g/mol. The molecule has 1 rings (SSSR count). The van der Waals surface area contributed by atoms with Crippen LogP contribution in [0.5, 0.6) is 5.75 Å². The molecule has 1 aromatic carbocycles. The molecule has 0 fully saturated rings. The third kappa shape index (κ3) is 4.57. The van der Waals surface area contributed by atoms with Crippen LogP contribution in [0, 0.1) is 11.8 Å². The second kappa shape index (κ2) is 8.04. The van der Waals surface area contributed by atoms with Crippen LogP contribution in [0.1, 0.15) is 18.9 Å². The third-order valence-electron chi connectivity index (χ3n) is 1.83. The smallest absolute Gasteiger partial charge is 0.189 e. The van der Waals surface area contributed by atoms with Crippen molar-refractivity contribution in [2.24, 2.45) is 0 Å². The highest BCUT2D eigenvalue weighted by Gasteiger charge is 1.98. The molecule has 0 atom stereocenters. The molecule has 0 aliphatic heterocycles. The van der Waals surface area contributed by atoms with Crippen molar-refractivity contribution in [1.82, 2.24) is 0 Å². The Kier molecular flexibility index (Phi) is 6.48. The maximum Gasteiger partial charge on any atom is 0.189 e. The fourth-order valence-electron chi connectivity index (χ4n) is 1.09. The standard InChI is InChI=1S/C13H15ClO2/c1-2-15-11-16-13-9-4-3-7-12(13)8-5-6-10-14/h3-4,7,9H,2,6,10-11H2,1H3. The predicted octanol–water partition coefficient (Wildman–Crippen LogP) is 3.04. The number of hydrogen-bond acceptors (Lipinski definition) is 2. The minimum atomic E-state index is 0.255. The monoisotopic (exact) mass is 238 g/mol. The van der Waals surface area contributed by atoms with Gasteiger partial charge in [-0.3, -0.25) is 0 Å². The molecule has 2 nitrogen and oxygen atoms in total. The van der Waals surface area contributed by atoms with Crippen molar-refractivity contribution in [1.29, 1.82) is 0 Å². The molecule has 0 unspecified atom stereocenters. The second-order valence-electron chi connectivity index (χ2n) is 2.99. The molecular formula is C13H15ClO2. The highest BCUT2D eigenvalue weighted by atomic mass is 35.5. The van der Waals surface area contributed by atoms with Gasteiger partial charge < -0.3 is 9.47 Å². The molecule has 0 heterocycles. The van der Waals surface area contributed by atoms with Gasteiger partial charge in [0.05, 0.1) is 5.56 Å². The van der Waals surface area contributed by atoms with Crippen LogP contribution in [-0.4, -0.2) is 19.3 Å². The molecule has 1 aromatic rings. The lowest BCUT2D eigenvalue weighted by Gasteiger charge is -2.07. The lowest BCUT2D eigenvalue weighted by Crippen LogP contribution is -2.03. The third-order valence-corrected chi connectivity index (χ3v) is 2.02. The second-order valence-corrected chi connectivity index (χ2v) is 3.37. The number of para-hydroxylation sites is 1. The molecule has 0 saturated carbocycles. The van der Waals surface area contributed by atoms with Crippen LogP contribution in [0.3, 0.4) is 0 Å². The van der Waals surface area contributed by atoms with E-state index in [9.17, 15) is 0 Å². The molecule has 3 heteroatoms. The van der Waals surface area contributed by atoms with Gasteiger partial charge in [0.2, 0.25) is 0 Å². The predicted molar refractivity (Wildman–Crippen MR) is 65.8 cm³/mol.